The van der Waals surface area contributed by atoms with Crippen LogP contribution in [0.5, 0.6) is 0 Å². The number of aromatic nitrogens is 3. The van der Waals surface area contributed by atoms with E-state index in [1.54, 1.807) is 0 Å². The van der Waals surface area contributed by atoms with Gasteiger partial charge in [-0.1, -0.05) is 60.2 Å². The van der Waals surface area contributed by atoms with Crippen LogP contribution in [0.25, 0.3) is 22.6 Å². The molecule has 2 aromatic carbocycles. The van der Waals surface area contributed by atoms with Gasteiger partial charge < -0.3 is 14.8 Å². The maximum absolute atomic E-state index is 12.6. The van der Waals surface area contributed by atoms with Gasteiger partial charge in [0, 0.05) is 57.6 Å². The summed E-state index contributed by atoms with van der Waals surface area (Å²) in [5, 5.41) is 3.07. The van der Waals surface area contributed by atoms with E-state index >= 15 is 0 Å². The van der Waals surface area contributed by atoms with Crippen molar-refractivity contribution in [2.75, 3.05) is 39.3 Å². The van der Waals surface area contributed by atoms with Crippen molar-refractivity contribution in [1.82, 2.24) is 29.7 Å². The SMILES string of the molecule is Cc1ccc(-c2nc3cccnc3n2CCN2CCN(C(=O)NCCc3ccccc3)CC2)cc1. The highest BCUT2D eigenvalue weighted by Gasteiger charge is 2.21. The van der Waals surface area contributed by atoms with E-state index in [0.717, 1.165) is 68.2 Å². The maximum Gasteiger partial charge on any atom is 0.317 e. The first-order chi connectivity index (χ1) is 17.2. The number of benzene rings is 2. The van der Waals surface area contributed by atoms with Gasteiger partial charge in [0.2, 0.25) is 0 Å². The van der Waals surface area contributed by atoms with Crippen molar-refractivity contribution in [3.8, 4) is 11.4 Å². The Kier molecular flexibility index (Phi) is 7.04. The molecule has 1 saturated heterocycles. The maximum atomic E-state index is 12.6. The average molecular weight is 469 g/mol. The lowest BCUT2D eigenvalue weighted by Gasteiger charge is -2.34. The fourth-order valence-electron chi connectivity index (χ4n) is 4.58. The van der Waals surface area contributed by atoms with Crippen LogP contribution in [0, 0.1) is 6.92 Å². The monoisotopic (exact) mass is 468 g/mol. The number of nitrogens with zero attached hydrogens (tertiary/aromatic N) is 5. The van der Waals surface area contributed by atoms with E-state index < -0.39 is 0 Å². The summed E-state index contributed by atoms with van der Waals surface area (Å²) in [6.45, 7) is 7.67. The molecule has 7 heteroatoms. The molecule has 0 unspecified atom stereocenters. The molecule has 2 amide bonds. The van der Waals surface area contributed by atoms with Gasteiger partial charge in [-0.15, -0.1) is 0 Å². The van der Waals surface area contributed by atoms with Crippen molar-refractivity contribution in [2.24, 2.45) is 0 Å². The zero-order chi connectivity index (χ0) is 24.0. The lowest BCUT2D eigenvalue weighted by atomic mass is 10.1. The Morgan fingerprint density at radius 1 is 0.914 bits per heavy atom. The van der Waals surface area contributed by atoms with Gasteiger partial charge in [-0.3, -0.25) is 4.90 Å². The molecule has 35 heavy (non-hydrogen) atoms. The largest absolute Gasteiger partial charge is 0.338 e. The molecule has 3 heterocycles. The van der Waals surface area contributed by atoms with Gasteiger partial charge in [0.25, 0.3) is 0 Å². The predicted octanol–water partition coefficient (Wildman–Crippen LogP) is 3.98. The number of hydrogen-bond donors (Lipinski definition) is 1. The van der Waals surface area contributed by atoms with E-state index in [9.17, 15) is 4.79 Å². The van der Waals surface area contributed by atoms with Crippen LogP contribution < -0.4 is 5.32 Å². The summed E-state index contributed by atoms with van der Waals surface area (Å²) in [5.41, 5.74) is 5.41. The molecule has 0 saturated carbocycles. The molecule has 1 fully saturated rings. The number of carbonyl (C=O) groups is 1. The van der Waals surface area contributed by atoms with Crippen LogP contribution in [-0.2, 0) is 13.0 Å². The molecule has 7 nitrogen and oxygen atoms in total. The summed E-state index contributed by atoms with van der Waals surface area (Å²) in [5.74, 6) is 0.954. The minimum Gasteiger partial charge on any atom is -0.338 e. The molecular weight excluding hydrogens is 436 g/mol. The lowest BCUT2D eigenvalue weighted by Crippen LogP contribution is -2.52. The van der Waals surface area contributed by atoms with Gasteiger partial charge in [0.1, 0.15) is 11.3 Å². The first kappa shape index (κ1) is 23.1. The van der Waals surface area contributed by atoms with E-state index in [1.807, 2.05) is 41.4 Å². The summed E-state index contributed by atoms with van der Waals surface area (Å²) in [4.78, 5) is 26.4. The van der Waals surface area contributed by atoms with Crippen LogP contribution in [0.3, 0.4) is 0 Å². The van der Waals surface area contributed by atoms with Gasteiger partial charge in [-0.05, 0) is 31.0 Å². The van der Waals surface area contributed by atoms with Crippen molar-refractivity contribution in [3.05, 3.63) is 84.1 Å². The van der Waals surface area contributed by atoms with Crippen molar-refractivity contribution in [3.63, 3.8) is 0 Å². The number of fused-ring (bicyclic) bond motifs is 1. The van der Waals surface area contributed by atoms with E-state index in [4.69, 9.17) is 4.98 Å². The summed E-state index contributed by atoms with van der Waals surface area (Å²) >= 11 is 0. The molecule has 0 spiro atoms. The highest BCUT2D eigenvalue weighted by molar-refractivity contribution is 5.77. The lowest BCUT2D eigenvalue weighted by molar-refractivity contribution is 0.137. The van der Waals surface area contributed by atoms with Crippen LogP contribution in [0.1, 0.15) is 11.1 Å². The normalized spacial score (nSPS) is 14.4. The molecule has 4 aromatic rings. The van der Waals surface area contributed by atoms with Crippen LogP contribution >= 0.6 is 0 Å². The molecule has 0 atom stereocenters. The Morgan fingerprint density at radius 2 is 1.69 bits per heavy atom. The third-order valence-corrected chi connectivity index (χ3v) is 6.65. The molecule has 0 aliphatic carbocycles. The zero-order valence-electron chi connectivity index (χ0n) is 20.2. The number of aryl methyl sites for hydroxylation is 1. The molecule has 0 radical (unpaired) electrons. The summed E-state index contributed by atoms with van der Waals surface area (Å²) in [6, 6.07) is 22.7. The molecule has 2 aromatic heterocycles. The highest BCUT2D eigenvalue weighted by atomic mass is 16.2. The minimum absolute atomic E-state index is 0.0343. The Labute approximate surface area is 206 Å². The molecule has 1 aliphatic rings. The van der Waals surface area contributed by atoms with Gasteiger partial charge >= 0.3 is 6.03 Å². The summed E-state index contributed by atoms with van der Waals surface area (Å²) in [6.07, 6.45) is 2.68. The summed E-state index contributed by atoms with van der Waals surface area (Å²) in [7, 11) is 0. The molecule has 0 bridgehead atoms. The first-order valence-electron chi connectivity index (χ1n) is 12.3. The van der Waals surface area contributed by atoms with Crippen LogP contribution in [0.15, 0.2) is 72.9 Å². The van der Waals surface area contributed by atoms with E-state index in [0.29, 0.717) is 6.54 Å². The van der Waals surface area contributed by atoms with Crippen LogP contribution in [0.4, 0.5) is 4.79 Å². The van der Waals surface area contributed by atoms with Gasteiger partial charge in [0.05, 0.1) is 0 Å². The molecule has 5 rings (SSSR count). The average Bonchev–Trinajstić information content (AvgIpc) is 3.27. The smallest absolute Gasteiger partial charge is 0.317 e. The topological polar surface area (TPSA) is 66.3 Å². The second-order valence-corrected chi connectivity index (χ2v) is 9.10. The third kappa shape index (κ3) is 5.52. The molecular formula is C28H32N6O. The predicted molar refractivity (Wildman–Crippen MR) is 139 cm³/mol. The van der Waals surface area contributed by atoms with Crippen molar-refractivity contribution in [2.45, 2.75) is 19.9 Å². The van der Waals surface area contributed by atoms with E-state index in [1.165, 1.54) is 11.1 Å². The number of pyridine rings is 1. The van der Waals surface area contributed by atoms with Crippen molar-refractivity contribution < 1.29 is 4.79 Å². The molecule has 1 N–H and O–H groups in total. The molecule has 1 aliphatic heterocycles. The number of nitrogens with one attached hydrogen (secondary N) is 1. The summed E-state index contributed by atoms with van der Waals surface area (Å²) < 4.78 is 2.22. The Bertz CT molecular complexity index is 1260. The van der Waals surface area contributed by atoms with Crippen LogP contribution in [-0.4, -0.2) is 69.6 Å². The highest BCUT2D eigenvalue weighted by Crippen LogP contribution is 2.24. The number of urea groups is 1. The van der Waals surface area contributed by atoms with E-state index in [-0.39, 0.29) is 6.03 Å². The number of piperazine rings is 1. The number of amides is 2. The second kappa shape index (κ2) is 10.7. The van der Waals surface area contributed by atoms with E-state index in [2.05, 4.69) is 63.1 Å². The molecule has 180 valence electrons. The second-order valence-electron chi connectivity index (χ2n) is 9.10. The van der Waals surface area contributed by atoms with Gasteiger partial charge in [0.15, 0.2) is 5.65 Å². The van der Waals surface area contributed by atoms with Crippen molar-refractivity contribution in [1.29, 1.82) is 0 Å². The number of hydrogen-bond acceptors (Lipinski definition) is 4. The van der Waals surface area contributed by atoms with Crippen LogP contribution in [0.2, 0.25) is 0 Å². The van der Waals surface area contributed by atoms with Gasteiger partial charge in [-0.25, -0.2) is 14.8 Å². The zero-order valence-corrected chi connectivity index (χ0v) is 20.2. The fourth-order valence-corrected chi connectivity index (χ4v) is 4.58. The third-order valence-electron chi connectivity index (χ3n) is 6.65. The number of imidazole rings is 1. The Hall–Kier alpha value is -3.71. The Balaban J connectivity index is 1.16. The number of carbonyl (C=O) groups excluding carboxylic acids is 1. The van der Waals surface area contributed by atoms with Crippen molar-refractivity contribution >= 4 is 17.2 Å². The van der Waals surface area contributed by atoms with Gasteiger partial charge in [-0.2, -0.15) is 0 Å². The number of rotatable bonds is 7. The standard InChI is InChI=1S/C28H32N6O/c1-22-9-11-24(12-10-22)26-31-25-8-5-14-29-27(25)34(26)21-18-32-16-19-33(20-17-32)28(35)30-15-13-23-6-3-2-4-7-23/h2-12,14H,13,15-21H2,1H3,(H,30,35). The Morgan fingerprint density at radius 3 is 2.46 bits per heavy atom. The quantitative estimate of drug-likeness (QED) is 0.446. The fraction of sp³-hybridized carbons (Fsp3) is 0.321. The first-order valence-corrected chi connectivity index (χ1v) is 12.3. The minimum atomic E-state index is 0.0343.